The van der Waals surface area contributed by atoms with Crippen molar-refractivity contribution < 1.29 is 13.8 Å². The number of hydrogen-bond acceptors (Lipinski definition) is 7. The molecule has 1 saturated carbocycles. The summed E-state index contributed by atoms with van der Waals surface area (Å²) >= 11 is 0. The number of carbonyl (C=O) groups is 1. The molecule has 0 saturated heterocycles. The van der Waals surface area contributed by atoms with Crippen molar-refractivity contribution in [2.75, 3.05) is 6.54 Å². The first-order valence-corrected chi connectivity index (χ1v) is 10.6. The Morgan fingerprint density at radius 2 is 1.97 bits per heavy atom. The molecule has 3 aromatic heterocycles. The van der Waals surface area contributed by atoms with Crippen LogP contribution in [0.2, 0.25) is 0 Å². The van der Waals surface area contributed by atoms with E-state index in [0.717, 1.165) is 24.2 Å². The Hall–Kier alpha value is -2.77. The molecule has 1 N–H and O–H groups in total. The summed E-state index contributed by atoms with van der Waals surface area (Å²) in [7, 11) is 0. The lowest BCUT2D eigenvalue weighted by molar-refractivity contribution is 0.0954. The van der Waals surface area contributed by atoms with Crippen LogP contribution in [0.5, 0.6) is 0 Å². The number of hydrogen-bond donors (Lipinski definition) is 1. The zero-order valence-electron chi connectivity index (χ0n) is 18.3. The summed E-state index contributed by atoms with van der Waals surface area (Å²) in [5.74, 6) is 1.66. The lowest BCUT2D eigenvalue weighted by atomic mass is 9.89. The van der Waals surface area contributed by atoms with Gasteiger partial charge in [-0.2, -0.15) is 4.98 Å². The molecule has 0 unspecified atom stereocenters. The maximum atomic E-state index is 13.1. The van der Waals surface area contributed by atoms with E-state index < -0.39 is 0 Å². The molecule has 30 heavy (non-hydrogen) atoms. The first-order chi connectivity index (χ1) is 14.2. The van der Waals surface area contributed by atoms with Gasteiger partial charge in [0.2, 0.25) is 5.89 Å². The minimum atomic E-state index is -0.161. The molecule has 0 bridgehead atoms. The van der Waals surface area contributed by atoms with Crippen molar-refractivity contribution in [2.24, 2.45) is 5.41 Å². The molecule has 0 radical (unpaired) electrons. The fourth-order valence-corrected chi connectivity index (χ4v) is 3.40. The van der Waals surface area contributed by atoms with Gasteiger partial charge in [-0.15, -0.1) is 0 Å². The van der Waals surface area contributed by atoms with Crippen LogP contribution in [0.15, 0.2) is 15.1 Å². The van der Waals surface area contributed by atoms with E-state index >= 15 is 0 Å². The van der Waals surface area contributed by atoms with Gasteiger partial charge in [0.15, 0.2) is 5.82 Å². The van der Waals surface area contributed by atoms with Gasteiger partial charge in [-0.1, -0.05) is 44.9 Å². The molecule has 8 nitrogen and oxygen atoms in total. The first-order valence-electron chi connectivity index (χ1n) is 10.6. The Balaban J connectivity index is 1.55. The molecule has 0 aliphatic heterocycles. The van der Waals surface area contributed by atoms with Crippen molar-refractivity contribution >= 4 is 17.0 Å². The normalized spacial score (nSPS) is 14.6. The predicted octanol–water partition coefficient (Wildman–Crippen LogP) is 4.17. The van der Waals surface area contributed by atoms with E-state index in [0.29, 0.717) is 53.7 Å². The van der Waals surface area contributed by atoms with Crippen LogP contribution in [0.3, 0.4) is 0 Å². The molecule has 1 aliphatic carbocycles. The molecule has 1 fully saturated rings. The van der Waals surface area contributed by atoms with Crippen molar-refractivity contribution in [2.45, 2.75) is 72.1 Å². The zero-order valence-corrected chi connectivity index (χ0v) is 18.3. The minimum Gasteiger partial charge on any atom is -0.351 e. The van der Waals surface area contributed by atoms with Gasteiger partial charge >= 0.3 is 0 Å². The SMILES string of the molecule is CC(C)c1noc(CCNC(=O)c2cc(C3CC3)nc3onc(CC(C)(C)C)c23)n1. The maximum absolute atomic E-state index is 13.1. The molecule has 3 aromatic rings. The van der Waals surface area contributed by atoms with Crippen LogP contribution in [-0.4, -0.2) is 32.7 Å². The van der Waals surface area contributed by atoms with Gasteiger partial charge in [-0.25, -0.2) is 4.98 Å². The molecule has 1 amide bonds. The second-order valence-electron chi connectivity index (χ2n) is 9.62. The number of nitrogens with one attached hydrogen (secondary N) is 1. The first kappa shape index (κ1) is 20.5. The summed E-state index contributed by atoms with van der Waals surface area (Å²) in [6.45, 7) is 10.8. The fourth-order valence-electron chi connectivity index (χ4n) is 3.40. The van der Waals surface area contributed by atoms with Gasteiger partial charge in [0, 0.05) is 30.5 Å². The summed E-state index contributed by atoms with van der Waals surface area (Å²) < 4.78 is 10.8. The fraction of sp³-hybridized carbons (Fsp3) is 0.591. The van der Waals surface area contributed by atoms with E-state index in [2.05, 4.69) is 46.4 Å². The second kappa shape index (κ2) is 7.81. The van der Waals surface area contributed by atoms with Crippen molar-refractivity contribution in [3.05, 3.63) is 34.7 Å². The number of nitrogens with zero attached hydrogens (tertiary/aromatic N) is 4. The van der Waals surface area contributed by atoms with E-state index in [-0.39, 0.29) is 17.2 Å². The quantitative estimate of drug-likeness (QED) is 0.622. The third-order valence-corrected chi connectivity index (χ3v) is 5.10. The molecule has 3 heterocycles. The topological polar surface area (TPSA) is 107 Å². The van der Waals surface area contributed by atoms with Crippen molar-refractivity contribution in [1.82, 2.24) is 25.6 Å². The number of amides is 1. The molecule has 8 heteroatoms. The van der Waals surface area contributed by atoms with Crippen molar-refractivity contribution in [3.8, 4) is 0 Å². The highest BCUT2D eigenvalue weighted by Crippen LogP contribution is 2.40. The van der Waals surface area contributed by atoms with E-state index in [1.165, 1.54) is 0 Å². The number of aromatic nitrogens is 4. The van der Waals surface area contributed by atoms with E-state index in [1.54, 1.807) is 0 Å². The summed E-state index contributed by atoms with van der Waals surface area (Å²) in [5.41, 5.74) is 2.72. The van der Waals surface area contributed by atoms with E-state index in [1.807, 2.05) is 19.9 Å². The molecular formula is C22H29N5O3. The lowest BCUT2D eigenvalue weighted by Gasteiger charge is -2.16. The van der Waals surface area contributed by atoms with Crippen LogP contribution >= 0.6 is 0 Å². The number of rotatable bonds is 7. The van der Waals surface area contributed by atoms with Gasteiger partial charge in [-0.05, 0) is 30.7 Å². The molecular weight excluding hydrogens is 382 g/mol. The Bertz CT molecular complexity index is 1060. The number of pyridine rings is 1. The Labute approximate surface area is 175 Å². The highest BCUT2D eigenvalue weighted by molar-refractivity contribution is 6.06. The number of carbonyl (C=O) groups excluding carboxylic acids is 1. The minimum absolute atomic E-state index is 0.0127. The highest BCUT2D eigenvalue weighted by atomic mass is 16.5. The third-order valence-electron chi connectivity index (χ3n) is 5.10. The Kier molecular flexibility index (Phi) is 5.34. The Morgan fingerprint density at radius 1 is 1.20 bits per heavy atom. The van der Waals surface area contributed by atoms with Gasteiger partial charge in [0.25, 0.3) is 11.6 Å². The van der Waals surface area contributed by atoms with E-state index in [9.17, 15) is 4.79 Å². The molecule has 160 valence electrons. The second-order valence-corrected chi connectivity index (χ2v) is 9.62. The average Bonchev–Trinajstić information content (AvgIpc) is 3.29. The van der Waals surface area contributed by atoms with Crippen LogP contribution in [0.1, 0.15) is 92.8 Å². The summed E-state index contributed by atoms with van der Waals surface area (Å²) in [5, 5.41) is 11.9. The molecule has 0 atom stereocenters. The average molecular weight is 412 g/mol. The summed E-state index contributed by atoms with van der Waals surface area (Å²) in [4.78, 5) is 22.1. The standard InChI is InChI=1S/C22H29N5O3/c1-12(2)19-25-17(29-27-19)8-9-23-20(28)14-10-15(13-6-7-13)24-21-18(14)16(26-30-21)11-22(3,4)5/h10,12-13H,6-9,11H2,1-5H3,(H,23,28). The van der Waals surface area contributed by atoms with E-state index in [4.69, 9.17) is 9.05 Å². The smallest absolute Gasteiger partial charge is 0.259 e. The predicted molar refractivity (Wildman–Crippen MR) is 111 cm³/mol. The van der Waals surface area contributed by atoms with Crippen LogP contribution in [0.4, 0.5) is 0 Å². The van der Waals surface area contributed by atoms with Crippen LogP contribution in [0, 0.1) is 5.41 Å². The van der Waals surface area contributed by atoms with Crippen LogP contribution in [0.25, 0.3) is 11.1 Å². The van der Waals surface area contributed by atoms with Crippen molar-refractivity contribution in [1.29, 1.82) is 0 Å². The molecule has 0 spiro atoms. The summed E-state index contributed by atoms with van der Waals surface area (Å²) in [6.07, 6.45) is 3.37. The third kappa shape index (κ3) is 4.52. The highest BCUT2D eigenvalue weighted by Gasteiger charge is 2.30. The van der Waals surface area contributed by atoms with Gasteiger partial charge < -0.3 is 14.4 Å². The maximum Gasteiger partial charge on any atom is 0.259 e. The van der Waals surface area contributed by atoms with Crippen LogP contribution in [-0.2, 0) is 12.8 Å². The zero-order chi connectivity index (χ0) is 21.5. The van der Waals surface area contributed by atoms with Gasteiger partial charge in [0.05, 0.1) is 16.6 Å². The number of fused-ring (bicyclic) bond motifs is 1. The largest absolute Gasteiger partial charge is 0.351 e. The molecule has 4 rings (SSSR count). The lowest BCUT2D eigenvalue weighted by Crippen LogP contribution is -2.26. The molecule has 0 aromatic carbocycles. The Morgan fingerprint density at radius 3 is 2.60 bits per heavy atom. The molecule has 1 aliphatic rings. The van der Waals surface area contributed by atoms with Gasteiger partial charge in [0.1, 0.15) is 0 Å². The van der Waals surface area contributed by atoms with Crippen LogP contribution < -0.4 is 5.32 Å². The van der Waals surface area contributed by atoms with Crippen molar-refractivity contribution in [3.63, 3.8) is 0 Å². The monoisotopic (exact) mass is 411 g/mol. The summed E-state index contributed by atoms with van der Waals surface area (Å²) in [6, 6.07) is 1.91. The van der Waals surface area contributed by atoms with Gasteiger partial charge in [-0.3, -0.25) is 4.79 Å².